The predicted molar refractivity (Wildman–Crippen MR) is 187 cm³/mol. The quantitative estimate of drug-likeness (QED) is 0.0355. The van der Waals surface area contributed by atoms with Crippen molar-refractivity contribution in [3.05, 3.63) is 71.8 Å². The second-order valence-electron chi connectivity index (χ2n) is 12.6. The van der Waals surface area contributed by atoms with Crippen molar-refractivity contribution in [1.82, 2.24) is 4.90 Å². The number of aryl methyl sites for hydroxylation is 2. The second kappa shape index (κ2) is 21.2. The molecule has 2 rings (SSSR count). The third-order valence-electron chi connectivity index (χ3n) is 7.22. The summed E-state index contributed by atoms with van der Waals surface area (Å²) < 4.78 is 50.9. The first-order valence-corrected chi connectivity index (χ1v) is 18.1. The monoisotopic (exact) mass is 721 g/mol. The van der Waals surface area contributed by atoms with Crippen LogP contribution in [0.5, 0.6) is 0 Å². The van der Waals surface area contributed by atoms with Crippen LogP contribution >= 0.6 is 7.75 Å². The second-order valence-corrected chi connectivity index (χ2v) is 14.2. The molecule has 0 aromatic heterocycles. The first-order chi connectivity index (χ1) is 23.6. The van der Waals surface area contributed by atoms with E-state index in [0.29, 0.717) is 25.7 Å². The van der Waals surface area contributed by atoms with Crippen molar-refractivity contribution in [2.75, 3.05) is 20.3 Å². The summed E-state index contributed by atoms with van der Waals surface area (Å²) in [5.41, 5.74) is 8.31. The van der Waals surface area contributed by atoms with Gasteiger partial charge in [0.1, 0.15) is 6.04 Å². The third-order valence-corrected chi connectivity index (χ3v) is 8.62. The lowest BCUT2D eigenvalue weighted by molar-refractivity contribution is -0.143. The summed E-state index contributed by atoms with van der Waals surface area (Å²) in [6.07, 6.45) is -2.83. The average Bonchev–Trinajstić information content (AvgIpc) is 3.05. The van der Waals surface area contributed by atoms with Gasteiger partial charge in [-0.15, -0.1) is 4.76 Å². The molecule has 278 valence electrons. The number of carboxylic acids is 1. The molecule has 50 heavy (non-hydrogen) atoms. The molecule has 0 saturated heterocycles. The van der Waals surface area contributed by atoms with Crippen LogP contribution in [-0.4, -0.2) is 73.1 Å². The zero-order chi connectivity index (χ0) is 37.3. The zero-order valence-electron chi connectivity index (χ0n) is 29.9. The molecule has 0 aliphatic carbocycles. The molecule has 0 fully saturated rings. The molecule has 3 N–H and O–H groups in total. The van der Waals surface area contributed by atoms with Gasteiger partial charge in [0.2, 0.25) is 18.5 Å². The minimum atomic E-state index is -4.84. The van der Waals surface area contributed by atoms with Gasteiger partial charge in [-0.3, -0.25) is 0 Å². The lowest BCUT2D eigenvalue weighted by Crippen LogP contribution is -2.48. The SMILES string of the molecule is CC(C)C(OC(=O)OCCCc1ccccc1)OP(=O)(N=C(N)N(C)C(C(=O)O)C(C)C)OC(OC(=O)OCCCc1ccccc1)C(C)C. The maximum absolute atomic E-state index is 14.4. The highest BCUT2D eigenvalue weighted by molar-refractivity contribution is 7.52. The first-order valence-electron chi connectivity index (χ1n) is 16.6. The van der Waals surface area contributed by atoms with E-state index in [0.717, 1.165) is 16.0 Å². The predicted octanol–water partition coefficient (Wildman–Crippen LogP) is 7.02. The molecule has 2 aromatic rings. The molecule has 0 spiro atoms. The Bertz CT molecular complexity index is 1330. The van der Waals surface area contributed by atoms with Crippen molar-refractivity contribution < 1.29 is 52.1 Å². The van der Waals surface area contributed by atoms with E-state index in [9.17, 15) is 24.1 Å². The van der Waals surface area contributed by atoms with E-state index >= 15 is 0 Å². The van der Waals surface area contributed by atoms with Crippen molar-refractivity contribution >= 4 is 32.0 Å². The molecule has 0 heterocycles. The minimum absolute atomic E-state index is 0.0467. The number of ether oxygens (including phenoxy) is 4. The molecule has 0 aliphatic rings. The average molecular weight is 722 g/mol. The molecular weight excluding hydrogens is 669 g/mol. The van der Waals surface area contributed by atoms with E-state index in [4.69, 9.17) is 33.7 Å². The Labute approximate surface area is 294 Å². The van der Waals surface area contributed by atoms with Gasteiger partial charge in [-0.2, -0.15) is 0 Å². The Hall–Kier alpha value is -4.13. The Morgan fingerprint density at radius 2 is 1.14 bits per heavy atom. The Morgan fingerprint density at radius 3 is 1.48 bits per heavy atom. The highest BCUT2D eigenvalue weighted by Crippen LogP contribution is 2.54. The van der Waals surface area contributed by atoms with Gasteiger partial charge in [0, 0.05) is 18.9 Å². The Morgan fingerprint density at radius 1 is 0.740 bits per heavy atom. The van der Waals surface area contributed by atoms with Gasteiger partial charge >= 0.3 is 26.0 Å². The normalized spacial score (nSPS) is 14.8. The van der Waals surface area contributed by atoms with E-state index in [1.54, 1.807) is 41.5 Å². The minimum Gasteiger partial charge on any atom is -0.480 e. The lowest BCUT2D eigenvalue weighted by atomic mass is 10.0. The van der Waals surface area contributed by atoms with Crippen molar-refractivity contribution in [2.45, 2.75) is 85.8 Å². The van der Waals surface area contributed by atoms with Crippen LogP contribution in [0.4, 0.5) is 9.59 Å². The number of aliphatic carboxylic acids is 1. The fourth-order valence-electron chi connectivity index (χ4n) is 4.54. The molecule has 0 saturated carbocycles. The molecule has 3 unspecified atom stereocenters. The van der Waals surface area contributed by atoms with Crippen LogP contribution in [0.25, 0.3) is 0 Å². The van der Waals surface area contributed by atoms with Gasteiger partial charge in [0.05, 0.1) is 13.2 Å². The van der Waals surface area contributed by atoms with Crippen LogP contribution in [0.15, 0.2) is 65.4 Å². The number of benzene rings is 2. The number of carbonyl (C=O) groups excluding carboxylic acids is 2. The summed E-state index contributed by atoms with van der Waals surface area (Å²) >= 11 is 0. The van der Waals surface area contributed by atoms with Crippen LogP contribution in [0.3, 0.4) is 0 Å². The van der Waals surface area contributed by atoms with E-state index in [1.165, 1.54) is 7.05 Å². The van der Waals surface area contributed by atoms with Gasteiger partial charge in [0.25, 0.3) is 0 Å². The zero-order valence-corrected chi connectivity index (χ0v) is 30.8. The third kappa shape index (κ3) is 15.2. The number of hydrogen-bond donors (Lipinski definition) is 2. The number of carboxylic acid groups (broad SMARTS) is 1. The highest BCUT2D eigenvalue weighted by atomic mass is 31.2. The maximum Gasteiger partial charge on any atom is 0.510 e. The van der Waals surface area contributed by atoms with E-state index in [-0.39, 0.29) is 13.2 Å². The van der Waals surface area contributed by atoms with E-state index < -0.39 is 68.4 Å². The fraction of sp³-hybridized carbons (Fsp3) is 0.543. The Balaban J connectivity index is 2.22. The Kier molecular flexibility index (Phi) is 17.8. The number of rotatable bonds is 20. The van der Waals surface area contributed by atoms with Gasteiger partial charge in [0.15, 0.2) is 0 Å². The summed E-state index contributed by atoms with van der Waals surface area (Å²) in [5.74, 6) is -3.35. The fourth-order valence-corrected chi connectivity index (χ4v) is 6.17. The summed E-state index contributed by atoms with van der Waals surface area (Å²) in [6.45, 7) is 9.92. The summed E-state index contributed by atoms with van der Waals surface area (Å²) in [6, 6.07) is 18.2. The largest absolute Gasteiger partial charge is 0.510 e. The van der Waals surface area contributed by atoms with E-state index in [1.807, 2.05) is 60.7 Å². The number of nitrogens with two attached hydrogens (primary N) is 1. The van der Waals surface area contributed by atoms with Gasteiger partial charge < -0.3 is 34.7 Å². The molecule has 15 heteroatoms. The van der Waals surface area contributed by atoms with Crippen LogP contribution in [0.1, 0.15) is 65.5 Å². The number of likely N-dealkylation sites (N-methyl/N-ethyl adjacent to an activating group) is 1. The number of carbonyl (C=O) groups is 3. The molecule has 0 amide bonds. The van der Waals surface area contributed by atoms with Crippen molar-refractivity contribution in [1.29, 1.82) is 0 Å². The molecule has 0 radical (unpaired) electrons. The molecule has 14 nitrogen and oxygen atoms in total. The molecule has 0 aliphatic heterocycles. The maximum atomic E-state index is 14.4. The van der Waals surface area contributed by atoms with Crippen LogP contribution in [-0.2, 0) is 50.2 Å². The van der Waals surface area contributed by atoms with Crippen LogP contribution < -0.4 is 5.73 Å². The first kappa shape index (κ1) is 42.0. The molecule has 3 atom stereocenters. The topological polar surface area (TPSA) is 186 Å². The van der Waals surface area contributed by atoms with E-state index in [2.05, 4.69) is 4.76 Å². The van der Waals surface area contributed by atoms with Crippen molar-refractivity contribution in [3.63, 3.8) is 0 Å². The standard InChI is InChI=1S/C35H52N3O11P/c1-24(2)29(30(39)40)38(7)33(36)37-50(43,48-31(25(3)4)46-34(41)44-22-14-20-27-16-10-8-11-17-27)49-32(26(5)6)47-35(42)45-23-15-21-28-18-12-9-13-19-28/h8-13,16-19,24-26,29,31-32H,14-15,20-23H2,1-7H3,(H,39,40)(H2,36,37,43). The van der Waals surface area contributed by atoms with Crippen molar-refractivity contribution in [2.24, 2.45) is 28.3 Å². The summed E-state index contributed by atoms with van der Waals surface area (Å²) in [7, 11) is -3.49. The summed E-state index contributed by atoms with van der Waals surface area (Å²) in [4.78, 5) is 38.4. The van der Waals surface area contributed by atoms with Gasteiger partial charge in [-0.25, -0.2) is 28.0 Å². The molecule has 0 bridgehead atoms. The summed E-state index contributed by atoms with van der Waals surface area (Å²) in [5, 5.41) is 9.78. The van der Waals surface area contributed by atoms with Gasteiger partial charge in [-0.05, 0) is 42.7 Å². The van der Waals surface area contributed by atoms with Crippen LogP contribution in [0, 0.1) is 17.8 Å². The van der Waals surface area contributed by atoms with Gasteiger partial charge in [-0.1, -0.05) is 102 Å². The molecule has 2 aromatic carbocycles. The molecular formula is C35H52N3O11P. The number of nitrogens with zero attached hydrogens (tertiary/aromatic N) is 2. The highest BCUT2D eigenvalue weighted by Gasteiger charge is 2.40. The number of guanidine groups is 1. The smallest absolute Gasteiger partial charge is 0.480 e. The lowest BCUT2D eigenvalue weighted by Gasteiger charge is -2.31. The number of hydrogen-bond acceptors (Lipinski definition) is 10. The van der Waals surface area contributed by atoms with Crippen molar-refractivity contribution in [3.8, 4) is 0 Å². The van der Waals surface area contributed by atoms with Crippen LogP contribution in [0.2, 0.25) is 0 Å².